The first-order valence-corrected chi connectivity index (χ1v) is 6.61. The van der Waals surface area contributed by atoms with Crippen molar-refractivity contribution in [3.8, 4) is 11.3 Å². The van der Waals surface area contributed by atoms with Crippen LogP contribution in [0.2, 0.25) is 0 Å². The number of aryl methyl sites for hydroxylation is 2. The fraction of sp³-hybridized carbons (Fsp3) is 0.333. The van der Waals surface area contributed by atoms with Crippen molar-refractivity contribution in [1.29, 1.82) is 0 Å². The molecule has 1 fully saturated rings. The monoisotopic (exact) mass is 237 g/mol. The van der Waals surface area contributed by atoms with E-state index in [-0.39, 0.29) is 0 Å². The first-order valence-electron chi connectivity index (χ1n) is 6.61. The van der Waals surface area contributed by atoms with Gasteiger partial charge in [-0.2, -0.15) is 0 Å². The van der Waals surface area contributed by atoms with E-state index in [2.05, 4.69) is 34.6 Å². The highest BCUT2D eigenvalue weighted by Crippen LogP contribution is 2.32. The Bertz CT molecular complexity index is 602. The zero-order valence-corrected chi connectivity index (χ0v) is 10.2. The van der Waals surface area contributed by atoms with E-state index in [9.17, 15) is 0 Å². The van der Waals surface area contributed by atoms with Crippen molar-refractivity contribution in [2.24, 2.45) is 0 Å². The van der Waals surface area contributed by atoms with Gasteiger partial charge in [-0.3, -0.25) is 0 Å². The number of nitrogens with zero attached hydrogens (tertiary/aromatic N) is 2. The van der Waals surface area contributed by atoms with E-state index in [1.807, 2.05) is 6.20 Å². The Morgan fingerprint density at radius 1 is 1.06 bits per heavy atom. The largest absolute Gasteiger partial charge is 0.351 e. The molecule has 1 aromatic heterocycles. The first kappa shape index (κ1) is 10.1. The number of aromatic nitrogens is 2. The van der Waals surface area contributed by atoms with Gasteiger partial charge >= 0.3 is 0 Å². The van der Waals surface area contributed by atoms with E-state index in [1.54, 1.807) is 0 Å². The molecule has 1 N–H and O–H groups in total. The Labute approximate surface area is 106 Å². The van der Waals surface area contributed by atoms with Crippen molar-refractivity contribution in [1.82, 2.24) is 9.97 Å². The number of rotatable bonds is 2. The SMILES string of the molecule is c1ccc2c(c1)CCc1cnc(NC3CC3)nc1-2. The molecule has 0 aliphatic heterocycles. The van der Waals surface area contributed by atoms with Gasteiger partial charge in [0.05, 0.1) is 5.69 Å². The standard InChI is InChI=1S/C15H15N3/c1-2-4-13-10(3-1)5-6-11-9-16-15(18-14(11)13)17-12-7-8-12/h1-4,9,12H,5-8H2,(H,16,17,18). The maximum atomic E-state index is 4.71. The van der Waals surface area contributed by atoms with Crippen LogP contribution >= 0.6 is 0 Å². The maximum absolute atomic E-state index is 4.71. The van der Waals surface area contributed by atoms with Crippen LogP contribution in [0.5, 0.6) is 0 Å². The van der Waals surface area contributed by atoms with Gasteiger partial charge in [0, 0.05) is 17.8 Å². The van der Waals surface area contributed by atoms with Crippen LogP contribution in [0, 0.1) is 0 Å². The number of fused-ring (bicyclic) bond motifs is 3. The molecule has 0 unspecified atom stereocenters. The summed E-state index contributed by atoms with van der Waals surface area (Å²) >= 11 is 0. The normalized spacial score (nSPS) is 16.9. The molecule has 2 aliphatic carbocycles. The fourth-order valence-corrected chi connectivity index (χ4v) is 2.54. The highest BCUT2D eigenvalue weighted by atomic mass is 15.1. The van der Waals surface area contributed by atoms with E-state index < -0.39 is 0 Å². The van der Waals surface area contributed by atoms with Gasteiger partial charge in [-0.25, -0.2) is 9.97 Å². The molecule has 90 valence electrons. The molecule has 0 saturated heterocycles. The number of benzene rings is 1. The number of hydrogen-bond acceptors (Lipinski definition) is 3. The highest BCUT2D eigenvalue weighted by molar-refractivity contribution is 5.70. The van der Waals surface area contributed by atoms with E-state index >= 15 is 0 Å². The van der Waals surface area contributed by atoms with Crippen LogP contribution in [-0.4, -0.2) is 16.0 Å². The van der Waals surface area contributed by atoms with E-state index in [0.29, 0.717) is 6.04 Å². The van der Waals surface area contributed by atoms with E-state index in [0.717, 1.165) is 24.5 Å². The molecule has 0 amide bonds. The molecule has 2 aliphatic rings. The van der Waals surface area contributed by atoms with Gasteiger partial charge < -0.3 is 5.32 Å². The van der Waals surface area contributed by atoms with Gasteiger partial charge in [-0.1, -0.05) is 24.3 Å². The molecule has 3 nitrogen and oxygen atoms in total. The Balaban J connectivity index is 1.80. The molecule has 0 bridgehead atoms. The van der Waals surface area contributed by atoms with Crippen LogP contribution < -0.4 is 5.32 Å². The van der Waals surface area contributed by atoms with Crippen LogP contribution in [0.1, 0.15) is 24.0 Å². The van der Waals surface area contributed by atoms with Crippen molar-refractivity contribution < 1.29 is 0 Å². The minimum atomic E-state index is 0.599. The lowest BCUT2D eigenvalue weighted by Gasteiger charge is -2.18. The van der Waals surface area contributed by atoms with Gasteiger partial charge in [0.1, 0.15) is 0 Å². The first-order chi connectivity index (χ1) is 8.90. The van der Waals surface area contributed by atoms with Crippen LogP contribution in [0.25, 0.3) is 11.3 Å². The lowest BCUT2D eigenvalue weighted by molar-refractivity contribution is 0.907. The molecule has 0 atom stereocenters. The molecule has 0 spiro atoms. The van der Waals surface area contributed by atoms with Gasteiger partial charge in [0.2, 0.25) is 5.95 Å². The molecule has 2 aromatic rings. The molecule has 1 aromatic carbocycles. The van der Waals surface area contributed by atoms with E-state index in [4.69, 9.17) is 4.98 Å². The summed E-state index contributed by atoms with van der Waals surface area (Å²) in [4.78, 5) is 9.14. The van der Waals surface area contributed by atoms with Crippen molar-refractivity contribution >= 4 is 5.95 Å². The Kier molecular flexibility index (Phi) is 2.13. The molecule has 0 radical (unpaired) electrons. The summed E-state index contributed by atoms with van der Waals surface area (Å²) in [7, 11) is 0. The minimum Gasteiger partial charge on any atom is -0.351 e. The van der Waals surface area contributed by atoms with Gasteiger partial charge in [0.15, 0.2) is 0 Å². The predicted octanol–water partition coefficient (Wildman–Crippen LogP) is 2.82. The second-order valence-corrected chi connectivity index (χ2v) is 5.14. The highest BCUT2D eigenvalue weighted by Gasteiger charge is 2.23. The minimum absolute atomic E-state index is 0.599. The van der Waals surface area contributed by atoms with Crippen LogP contribution in [0.3, 0.4) is 0 Å². The van der Waals surface area contributed by atoms with Crippen LogP contribution in [-0.2, 0) is 12.8 Å². The fourth-order valence-electron chi connectivity index (χ4n) is 2.54. The van der Waals surface area contributed by atoms with Crippen molar-refractivity contribution in [2.75, 3.05) is 5.32 Å². The molecular formula is C15H15N3. The Morgan fingerprint density at radius 2 is 1.89 bits per heavy atom. The van der Waals surface area contributed by atoms with Crippen LogP contribution in [0.15, 0.2) is 30.5 Å². The second-order valence-electron chi connectivity index (χ2n) is 5.14. The molecular weight excluding hydrogens is 222 g/mol. The Morgan fingerprint density at radius 3 is 2.78 bits per heavy atom. The summed E-state index contributed by atoms with van der Waals surface area (Å²) in [5.41, 5.74) is 5.08. The molecule has 1 saturated carbocycles. The smallest absolute Gasteiger partial charge is 0.223 e. The summed E-state index contributed by atoms with van der Waals surface area (Å²) in [6.45, 7) is 0. The zero-order chi connectivity index (χ0) is 11.9. The summed E-state index contributed by atoms with van der Waals surface area (Å²) in [5, 5.41) is 3.37. The third-order valence-corrected chi connectivity index (χ3v) is 3.71. The summed E-state index contributed by atoms with van der Waals surface area (Å²) < 4.78 is 0. The lowest BCUT2D eigenvalue weighted by Crippen LogP contribution is -2.11. The van der Waals surface area contributed by atoms with Crippen LogP contribution in [0.4, 0.5) is 5.95 Å². The van der Waals surface area contributed by atoms with Gasteiger partial charge in [0.25, 0.3) is 0 Å². The molecule has 18 heavy (non-hydrogen) atoms. The molecule has 4 rings (SSSR count). The Hall–Kier alpha value is -1.90. The van der Waals surface area contributed by atoms with E-state index in [1.165, 1.54) is 29.5 Å². The zero-order valence-electron chi connectivity index (χ0n) is 10.2. The van der Waals surface area contributed by atoms with Crippen molar-refractivity contribution in [2.45, 2.75) is 31.7 Å². The van der Waals surface area contributed by atoms with Gasteiger partial charge in [-0.15, -0.1) is 0 Å². The average molecular weight is 237 g/mol. The maximum Gasteiger partial charge on any atom is 0.223 e. The van der Waals surface area contributed by atoms with Gasteiger partial charge in [-0.05, 0) is 36.8 Å². The third-order valence-electron chi connectivity index (χ3n) is 3.71. The average Bonchev–Trinajstić information content (AvgIpc) is 3.22. The number of anilines is 1. The molecule has 3 heteroatoms. The summed E-state index contributed by atoms with van der Waals surface area (Å²) in [5.74, 6) is 0.785. The van der Waals surface area contributed by atoms with Crippen molar-refractivity contribution in [3.63, 3.8) is 0 Å². The number of nitrogens with one attached hydrogen (secondary N) is 1. The summed E-state index contributed by atoms with van der Waals surface area (Å²) in [6, 6.07) is 9.16. The second kappa shape index (κ2) is 3.80. The summed E-state index contributed by atoms with van der Waals surface area (Å²) in [6.07, 6.45) is 6.63. The number of hydrogen-bond donors (Lipinski definition) is 1. The molecule has 1 heterocycles. The lowest BCUT2D eigenvalue weighted by atomic mass is 9.90. The predicted molar refractivity (Wildman–Crippen MR) is 71.5 cm³/mol. The topological polar surface area (TPSA) is 37.8 Å². The third kappa shape index (κ3) is 1.67. The van der Waals surface area contributed by atoms with Crippen molar-refractivity contribution in [3.05, 3.63) is 41.6 Å². The quantitative estimate of drug-likeness (QED) is 0.872.